The Morgan fingerprint density at radius 2 is 2.03 bits per heavy atom. The minimum absolute atomic E-state index is 0.0262. The van der Waals surface area contributed by atoms with Gasteiger partial charge in [0.15, 0.2) is 10.9 Å². The molecule has 172 valence electrons. The van der Waals surface area contributed by atoms with Crippen LogP contribution in [0.1, 0.15) is 27.5 Å². The van der Waals surface area contributed by atoms with Crippen LogP contribution in [0, 0.1) is 13.8 Å². The third-order valence-corrected chi connectivity index (χ3v) is 6.71. The minimum Gasteiger partial charge on any atom is -0.467 e. The number of aryl methyl sites for hydroxylation is 1. The molecule has 0 amide bonds. The van der Waals surface area contributed by atoms with Crippen LogP contribution in [0.25, 0.3) is 10.9 Å². The maximum Gasteiger partial charge on any atom is 0.262 e. The van der Waals surface area contributed by atoms with Gasteiger partial charge in [0.1, 0.15) is 5.76 Å². The fourth-order valence-electron chi connectivity index (χ4n) is 3.80. The van der Waals surface area contributed by atoms with Crippen molar-refractivity contribution in [2.24, 2.45) is 0 Å². The van der Waals surface area contributed by atoms with Crippen molar-refractivity contribution in [1.82, 2.24) is 14.1 Å². The molecule has 0 spiro atoms. The number of aromatic nitrogens is 3. The summed E-state index contributed by atoms with van der Waals surface area (Å²) in [6.45, 7) is 5.39. The van der Waals surface area contributed by atoms with Gasteiger partial charge in [-0.1, -0.05) is 23.4 Å². The van der Waals surface area contributed by atoms with E-state index in [0.717, 1.165) is 11.4 Å². The Labute approximate surface area is 200 Å². The van der Waals surface area contributed by atoms with Gasteiger partial charge < -0.3 is 13.7 Å². The number of thioether (sulfide) groups is 1. The molecule has 9 heteroatoms. The van der Waals surface area contributed by atoms with E-state index < -0.39 is 0 Å². The third kappa shape index (κ3) is 4.93. The van der Waals surface area contributed by atoms with Crippen LogP contribution >= 0.6 is 23.4 Å². The molecule has 3 heterocycles. The first kappa shape index (κ1) is 23.4. The van der Waals surface area contributed by atoms with Crippen molar-refractivity contribution in [3.8, 4) is 0 Å². The van der Waals surface area contributed by atoms with E-state index >= 15 is 0 Å². The Morgan fingerprint density at radius 3 is 2.76 bits per heavy atom. The fourth-order valence-corrected chi connectivity index (χ4v) is 4.85. The van der Waals surface area contributed by atoms with E-state index in [1.54, 1.807) is 43.7 Å². The predicted molar refractivity (Wildman–Crippen MR) is 130 cm³/mol. The number of furan rings is 1. The number of halogens is 1. The van der Waals surface area contributed by atoms with Crippen LogP contribution in [0.4, 0.5) is 0 Å². The number of ketones is 1. The molecule has 0 fully saturated rings. The number of Topliss-reactive ketones (excluding diaryl/α,β-unsaturated/α-hetero) is 1. The van der Waals surface area contributed by atoms with E-state index in [-0.39, 0.29) is 23.6 Å². The highest BCUT2D eigenvalue weighted by Gasteiger charge is 2.19. The maximum atomic E-state index is 13.2. The van der Waals surface area contributed by atoms with Gasteiger partial charge in [0.2, 0.25) is 0 Å². The largest absolute Gasteiger partial charge is 0.467 e. The highest BCUT2D eigenvalue weighted by molar-refractivity contribution is 7.99. The second-order valence-corrected chi connectivity index (χ2v) is 9.05. The summed E-state index contributed by atoms with van der Waals surface area (Å²) in [5, 5.41) is 1.39. The lowest BCUT2D eigenvalue weighted by molar-refractivity contribution is 0.102. The Hall–Kier alpha value is -2.81. The summed E-state index contributed by atoms with van der Waals surface area (Å²) in [6.07, 6.45) is 1.56. The summed E-state index contributed by atoms with van der Waals surface area (Å²) in [4.78, 5) is 31.0. The van der Waals surface area contributed by atoms with Crippen molar-refractivity contribution in [2.45, 2.75) is 32.1 Å². The molecule has 7 nitrogen and oxygen atoms in total. The molecule has 0 N–H and O–H groups in total. The lowest BCUT2D eigenvalue weighted by Gasteiger charge is -2.12. The number of carbonyl (C=O) groups excluding carboxylic acids is 1. The summed E-state index contributed by atoms with van der Waals surface area (Å²) < 4.78 is 14.2. The SMILES string of the molecule is COCCn1c(C)cc(C(=O)CSc2nc3cc(Cl)ccc3c(=O)n2Cc2ccco2)c1C. The Kier molecular flexibility index (Phi) is 7.07. The topological polar surface area (TPSA) is 79.3 Å². The van der Waals surface area contributed by atoms with Gasteiger partial charge in [0.25, 0.3) is 5.56 Å². The molecule has 0 aliphatic rings. The number of hydrogen-bond donors (Lipinski definition) is 0. The van der Waals surface area contributed by atoms with Gasteiger partial charge in [-0.05, 0) is 50.2 Å². The summed E-state index contributed by atoms with van der Waals surface area (Å²) in [7, 11) is 1.66. The van der Waals surface area contributed by atoms with Crippen LogP contribution in [-0.4, -0.2) is 39.4 Å². The van der Waals surface area contributed by atoms with Crippen molar-refractivity contribution in [2.75, 3.05) is 19.5 Å². The van der Waals surface area contributed by atoms with Gasteiger partial charge in [-0.15, -0.1) is 0 Å². The lowest BCUT2D eigenvalue weighted by Crippen LogP contribution is -2.24. The van der Waals surface area contributed by atoms with Gasteiger partial charge in [-0.2, -0.15) is 0 Å². The molecule has 0 bridgehead atoms. The van der Waals surface area contributed by atoms with E-state index in [4.69, 9.17) is 20.8 Å². The van der Waals surface area contributed by atoms with E-state index in [1.807, 2.05) is 19.9 Å². The second-order valence-electron chi connectivity index (χ2n) is 7.67. The van der Waals surface area contributed by atoms with Crippen LogP contribution in [-0.2, 0) is 17.8 Å². The molecule has 33 heavy (non-hydrogen) atoms. The molecule has 0 aliphatic carbocycles. The maximum absolute atomic E-state index is 13.2. The summed E-state index contributed by atoms with van der Waals surface area (Å²) in [5.74, 6) is 0.745. The number of ether oxygens (including phenoxy) is 1. The van der Waals surface area contributed by atoms with E-state index in [1.165, 1.54) is 16.3 Å². The van der Waals surface area contributed by atoms with Gasteiger partial charge >= 0.3 is 0 Å². The quantitative estimate of drug-likeness (QED) is 0.194. The second kappa shape index (κ2) is 9.99. The molecule has 4 rings (SSSR count). The molecular formula is C24H24ClN3O4S. The Bertz CT molecular complexity index is 1360. The van der Waals surface area contributed by atoms with Gasteiger partial charge in [-0.3, -0.25) is 14.2 Å². The van der Waals surface area contributed by atoms with Crippen molar-refractivity contribution in [3.05, 3.63) is 80.7 Å². The van der Waals surface area contributed by atoms with Crippen LogP contribution in [0.5, 0.6) is 0 Å². The molecular weight excluding hydrogens is 462 g/mol. The van der Waals surface area contributed by atoms with Gasteiger partial charge in [0.05, 0.1) is 36.1 Å². The first-order valence-electron chi connectivity index (χ1n) is 10.4. The molecule has 3 aromatic heterocycles. The highest BCUT2D eigenvalue weighted by atomic mass is 35.5. The highest BCUT2D eigenvalue weighted by Crippen LogP contribution is 2.24. The first-order valence-corrected chi connectivity index (χ1v) is 11.8. The molecule has 0 saturated carbocycles. The number of carbonyl (C=O) groups is 1. The monoisotopic (exact) mass is 485 g/mol. The third-order valence-electron chi connectivity index (χ3n) is 5.50. The van der Waals surface area contributed by atoms with Crippen molar-refractivity contribution in [3.63, 3.8) is 0 Å². The Morgan fingerprint density at radius 1 is 1.21 bits per heavy atom. The number of fused-ring (bicyclic) bond motifs is 1. The van der Waals surface area contributed by atoms with Crippen molar-refractivity contribution in [1.29, 1.82) is 0 Å². The lowest BCUT2D eigenvalue weighted by atomic mass is 10.2. The zero-order chi connectivity index (χ0) is 23.5. The summed E-state index contributed by atoms with van der Waals surface area (Å²) in [5.41, 5.74) is 2.86. The van der Waals surface area contributed by atoms with Crippen molar-refractivity contribution < 1.29 is 13.9 Å². The number of benzene rings is 1. The Balaban J connectivity index is 1.65. The zero-order valence-corrected chi connectivity index (χ0v) is 20.2. The standard InChI is InChI=1S/C24H24ClN3O4S/c1-15-11-20(16(2)27(15)8-10-31-3)22(29)14-33-24-26-21-12-17(25)6-7-19(21)23(30)28(24)13-18-5-4-9-32-18/h4-7,9,11-12H,8,10,13-14H2,1-3H3. The van der Waals surface area contributed by atoms with E-state index in [9.17, 15) is 9.59 Å². The fraction of sp³-hybridized carbons (Fsp3) is 0.292. The average Bonchev–Trinajstić information content (AvgIpc) is 3.40. The molecule has 0 saturated heterocycles. The molecule has 1 aromatic carbocycles. The average molecular weight is 486 g/mol. The summed E-state index contributed by atoms with van der Waals surface area (Å²) >= 11 is 7.35. The summed E-state index contributed by atoms with van der Waals surface area (Å²) in [6, 6.07) is 10.5. The van der Waals surface area contributed by atoms with Crippen LogP contribution in [0.15, 0.2) is 57.0 Å². The van der Waals surface area contributed by atoms with Crippen LogP contribution in [0.3, 0.4) is 0 Å². The normalized spacial score (nSPS) is 11.4. The van der Waals surface area contributed by atoms with Gasteiger partial charge in [0, 0.05) is 35.6 Å². The van der Waals surface area contributed by atoms with Crippen LogP contribution in [0.2, 0.25) is 5.02 Å². The first-order chi connectivity index (χ1) is 15.9. The molecule has 0 aliphatic heterocycles. The van der Waals surface area contributed by atoms with E-state index in [0.29, 0.717) is 45.6 Å². The zero-order valence-electron chi connectivity index (χ0n) is 18.6. The van der Waals surface area contributed by atoms with E-state index in [2.05, 4.69) is 9.55 Å². The molecule has 0 radical (unpaired) electrons. The van der Waals surface area contributed by atoms with Crippen molar-refractivity contribution >= 4 is 40.0 Å². The molecule has 0 unspecified atom stereocenters. The van der Waals surface area contributed by atoms with Gasteiger partial charge in [-0.25, -0.2) is 4.98 Å². The number of hydrogen-bond acceptors (Lipinski definition) is 6. The molecule has 4 aromatic rings. The number of methoxy groups -OCH3 is 1. The predicted octanol–water partition coefficient (Wildman–Crippen LogP) is 4.73. The smallest absolute Gasteiger partial charge is 0.262 e. The number of nitrogens with zero attached hydrogens (tertiary/aromatic N) is 3. The number of rotatable bonds is 9. The molecule has 0 atom stereocenters. The van der Waals surface area contributed by atoms with Crippen LogP contribution < -0.4 is 5.56 Å². The minimum atomic E-state index is -0.208.